The lowest BCUT2D eigenvalue weighted by molar-refractivity contribution is -0.125. The predicted octanol–water partition coefficient (Wildman–Crippen LogP) is 9.14. The van der Waals surface area contributed by atoms with Crippen molar-refractivity contribution < 1.29 is 14.4 Å². The number of piperazine rings is 1. The Bertz CT molecular complexity index is 2010. The van der Waals surface area contributed by atoms with Crippen molar-refractivity contribution >= 4 is 34.2 Å². The molecule has 1 aromatic carbocycles. The van der Waals surface area contributed by atoms with Gasteiger partial charge < -0.3 is 10.2 Å². The molecule has 2 aromatic heterocycles. The Morgan fingerprint density at radius 2 is 1.65 bits per heavy atom. The number of aromatic nitrogens is 3. The summed E-state index contributed by atoms with van der Waals surface area (Å²) in [5.74, 6) is 4.37. The quantitative estimate of drug-likeness (QED) is 0.122. The maximum absolute atomic E-state index is 13.9. The highest BCUT2D eigenvalue weighted by Gasteiger charge is 2.50. The lowest BCUT2D eigenvalue weighted by Crippen LogP contribution is -2.47. The fraction of sp³-hybridized carbons (Fsp3) is 0.604. The molecule has 9 rings (SSSR count). The largest absolute Gasteiger partial charge is 0.356 e. The molecule has 1 atom stereocenters. The number of hydrogen-bond donors (Lipinski definition) is 1. The average molecular weight is 773 g/mol. The van der Waals surface area contributed by atoms with Gasteiger partial charge in [0.25, 0.3) is 0 Å². The minimum atomic E-state index is 0.0198. The summed E-state index contributed by atoms with van der Waals surface area (Å²) in [6.45, 7) is 15.8. The first kappa shape index (κ1) is 39.7. The zero-order valence-electron chi connectivity index (χ0n) is 35.1. The molecule has 3 aromatic rings. The second kappa shape index (κ2) is 16.6. The van der Waals surface area contributed by atoms with Gasteiger partial charge in [0.15, 0.2) is 11.6 Å². The molecule has 0 radical (unpaired) electrons. The minimum absolute atomic E-state index is 0.0198. The Balaban J connectivity index is 0.821. The molecule has 5 fully saturated rings. The van der Waals surface area contributed by atoms with Gasteiger partial charge in [-0.2, -0.15) is 5.10 Å². The second-order valence-corrected chi connectivity index (χ2v) is 19.1. The normalized spacial score (nSPS) is 25.4. The minimum Gasteiger partial charge on any atom is -0.356 e. The van der Waals surface area contributed by atoms with Crippen LogP contribution < -0.4 is 10.2 Å². The fourth-order valence-corrected chi connectivity index (χ4v) is 11.6. The highest BCUT2D eigenvalue weighted by molar-refractivity contribution is 6.09. The van der Waals surface area contributed by atoms with E-state index in [1.807, 2.05) is 30.8 Å². The van der Waals surface area contributed by atoms with Crippen molar-refractivity contribution in [1.29, 1.82) is 0 Å². The predicted molar refractivity (Wildman–Crippen MR) is 228 cm³/mol. The molecule has 9 nitrogen and oxygen atoms in total. The molecule has 9 heteroatoms. The van der Waals surface area contributed by atoms with E-state index in [4.69, 9.17) is 4.98 Å². The van der Waals surface area contributed by atoms with E-state index >= 15 is 0 Å². The summed E-state index contributed by atoms with van der Waals surface area (Å²) in [5, 5.41) is 8.76. The van der Waals surface area contributed by atoms with E-state index < -0.39 is 0 Å². The first-order valence-corrected chi connectivity index (χ1v) is 22.1. The number of amides is 1. The Hall–Kier alpha value is -4.11. The molecule has 1 saturated heterocycles. The zero-order valence-corrected chi connectivity index (χ0v) is 35.1. The summed E-state index contributed by atoms with van der Waals surface area (Å²) in [7, 11) is 0. The van der Waals surface area contributed by atoms with Crippen LogP contribution in [0.25, 0.3) is 22.0 Å². The fourth-order valence-electron chi connectivity index (χ4n) is 11.6. The molecule has 0 unspecified atom stereocenters. The van der Waals surface area contributed by atoms with Crippen molar-refractivity contribution in [2.75, 3.05) is 44.2 Å². The number of carbonyl (C=O) groups excluding carboxylic acids is 3. The molecule has 4 bridgehead atoms. The molecule has 4 saturated carbocycles. The van der Waals surface area contributed by atoms with E-state index in [-0.39, 0.29) is 35.9 Å². The van der Waals surface area contributed by atoms with Crippen LogP contribution in [-0.4, -0.2) is 76.4 Å². The number of allylic oxidation sites excluding steroid dienone is 4. The first-order valence-electron chi connectivity index (χ1n) is 22.1. The van der Waals surface area contributed by atoms with Crippen molar-refractivity contribution in [2.24, 2.45) is 29.1 Å². The van der Waals surface area contributed by atoms with E-state index in [1.165, 1.54) is 44.9 Å². The number of Topliss-reactive ketones (excluding diaryl/α,β-unsaturated/α-hetero) is 2. The van der Waals surface area contributed by atoms with E-state index in [0.29, 0.717) is 23.8 Å². The van der Waals surface area contributed by atoms with Gasteiger partial charge in [-0.05, 0) is 163 Å². The number of carbonyl (C=O) groups is 3. The lowest BCUT2D eigenvalue weighted by atomic mass is 9.48. The van der Waals surface area contributed by atoms with Crippen LogP contribution in [0.4, 0.5) is 5.82 Å². The smallest absolute Gasteiger partial charge is 0.222 e. The molecular weight excluding hydrogens is 709 g/mol. The summed E-state index contributed by atoms with van der Waals surface area (Å²) in [5.41, 5.74) is 6.82. The topological polar surface area (TPSA) is 100 Å². The third-order valence-corrected chi connectivity index (χ3v) is 14.3. The summed E-state index contributed by atoms with van der Waals surface area (Å²) >= 11 is 0. The van der Waals surface area contributed by atoms with E-state index in [0.717, 1.165) is 114 Å². The van der Waals surface area contributed by atoms with E-state index in [2.05, 4.69) is 65.3 Å². The molecule has 3 heterocycles. The Morgan fingerprint density at radius 1 is 0.930 bits per heavy atom. The van der Waals surface area contributed by atoms with Crippen LogP contribution in [0.15, 0.2) is 59.5 Å². The lowest BCUT2D eigenvalue weighted by Gasteiger charge is -2.57. The number of benzene rings is 1. The van der Waals surface area contributed by atoms with Crippen molar-refractivity contribution in [3.05, 3.63) is 65.0 Å². The van der Waals surface area contributed by atoms with Crippen LogP contribution >= 0.6 is 0 Å². The SMILES string of the molecule is CC1=CC(C)=C(CCC(=O)c2cc(-c3ccc(N4CCN(CCCNC(=O)[C@H](C)CCC56CC7CC(CC(C7)C5)C6)CC4)nc3)cc3c2cnn3C(C)C)C(=O)C1. The highest BCUT2D eigenvalue weighted by Crippen LogP contribution is 2.61. The van der Waals surface area contributed by atoms with Crippen LogP contribution in [0.5, 0.6) is 0 Å². The molecule has 0 spiro atoms. The van der Waals surface area contributed by atoms with E-state index in [9.17, 15) is 14.4 Å². The van der Waals surface area contributed by atoms with Gasteiger partial charge in [0, 0.05) is 80.2 Å². The number of rotatable bonds is 15. The number of nitrogens with zero attached hydrogens (tertiary/aromatic N) is 5. The van der Waals surface area contributed by atoms with Gasteiger partial charge in [-0.15, -0.1) is 0 Å². The summed E-state index contributed by atoms with van der Waals surface area (Å²) < 4.78 is 1.97. The van der Waals surface area contributed by atoms with E-state index in [1.54, 1.807) is 6.20 Å². The number of anilines is 1. The van der Waals surface area contributed by atoms with Crippen LogP contribution in [0, 0.1) is 29.1 Å². The number of pyridine rings is 1. The van der Waals surface area contributed by atoms with Gasteiger partial charge in [-0.1, -0.05) is 18.6 Å². The Kier molecular flexibility index (Phi) is 11.6. The third kappa shape index (κ3) is 8.69. The van der Waals surface area contributed by atoms with Gasteiger partial charge in [0.1, 0.15) is 5.82 Å². The first-order chi connectivity index (χ1) is 27.4. The molecule has 5 aliphatic carbocycles. The zero-order chi connectivity index (χ0) is 39.8. The number of fused-ring (bicyclic) bond motifs is 1. The van der Waals surface area contributed by atoms with Crippen molar-refractivity contribution in [2.45, 2.75) is 118 Å². The highest BCUT2D eigenvalue weighted by atomic mass is 16.2. The summed E-state index contributed by atoms with van der Waals surface area (Å²) in [6.07, 6.45) is 18.9. The average Bonchev–Trinajstić information content (AvgIpc) is 3.62. The molecule has 57 heavy (non-hydrogen) atoms. The van der Waals surface area contributed by atoms with Gasteiger partial charge in [-0.25, -0.2) is 4.98 Å². The molecule has 304 valence electrons. The monoisotopic (exact) mass is 773 g/mol. The van der Waals surface area contributed by atoms with Crippen LogP contribution in [0.1, 0.15) is 128 Å². The van der Waals surface area contributed by atoms with Gasteiger partial charge in [0.05, 0.1) is 11.7 Å². The third-order valence-electron chi connectivity index (χ3n) is 14.3. The number of ketones is 2. The van der Waals surface area contributed by atoms with Crippen molar-refractivity contribution in [3.8, 4) is 11.1 Å². The maximum atomic E-state index is 13.9. The molecule has 1 aliphatic heterocycles. The Morgan fingerprint density at radius 3 is 2.30 bits per heavy atom. The second-order valence-electron chi connectivity index (χ2n) is 19.1. The molecular formula is C48H64N6O3. The van der Waals surface area contributed by atoms with Crippen LogP contribution in [0.2, 0.25) is 0 Å². The van der Waals surface area contributed by atoms with Crippen molar-refractivity contribution in [1.82, 2.24) is 25.0 Å². The van der Waals surface area contributed by atoms with Gasteiger partial charge in [0.2, 0.25) is 5.91 Å². The van der Waals surface area contributed by atoms with Crippen LogP contribution in [0.3, 0.4) is 0 Å². The number of hydrogen-bond acceptors (Lipinski definition) is 7. The summed E-state index contributed by atoms with van der Waals surface area (Å²) in [6, 6.07) is 8.43. The molecule has 1 amide bonds. The van der Waals surface area contributed by atoms with Gasteiger partial charge in [-0.3, -0.25) is 24.0 Å². The van der Waals surface area contributed by atoms with Crippen LogP contribution in [-0.2, 0) is 9.59 Å². The maximum Gasteiger partial charge on any atom is 0.222 e. The standard InChI is InChI=1S/C48H64N6O3/c1-31(2)54-43-25-39(24-41(42(43)30-51-54)44(55)9-8-40-34(5)19-32(3)20-45(40)56)38-7-10-46(50-29-38)53-17-15-52(16-18-53)14-6-13-49-47(57)33(4)11-12-48-26-35-21-36(27-48)23-37(22-35)28-48/h7,10,19,24-25,29-31,33,35-37H,6,8-9,11-18,20-23,26-28H2,1-5H3,(H,49,57)/t33-,35?,36?,37?,48?/m1/s1. The molecule has 1 N–H and O–H groups in total. The Labute approximate surface area is 339 Å². The summed E-state index contributed by atoms with van der Waals surface area (Å²) in [4.78, 5) is 49.4. The van der Waals surface area contributed by atoms with Gasteiger partial charge >= 0.3 is 0 Å². The molecule has 6 aliphatic rings. The van der Waals surface area contributed by atoms with Crippen molar-refractivity contribution in [3.63, 3.8) is 0 Å². The number of nitrogens with one attached hydrogen (secondary N) is 1.